The van der Waals surface area contributed by atoms with Gasteiger partial charge in [-0.1, -0.05) is 38.1 Å². The molecule has 0 spiro atoms. The second-order valence-corrected chi connectivity index (χ2v) is 6.42. The fourth-order valence-corrected chi connectivity index (χ4v) is 3.11. The highest BCUT2D eigenvalue weighted by Gasteiger charge is 2.42. The molecule has 1 nitrogen and oxygen atoms in total. The van der Waals surface area contributed by atoms with Crippen molar-refractivity contribution < 1.29 is 18.3 Å². The van der Waals surface area contributed by atoms with Gasteiger partial charge in [0.15, 0.2) is 0 Å². The normalized spacial score (nSPS) is 25.1. The first-order chi connectivity index (χ1) is 9.79. The molecule has 21 heavy (non-hydrogen) atoms. The van der Waals surface area contributed by atoms with Gasteiger partial charge in [-0.05, 0) is 48.6 Å². The first-order valence-corrected chi connectivity index (χ1v) is 7.63. The van der Waals surface area contributed by atoms with Gasteiger partial charge in [-0.15, -0.1) is 0 Å². The Kier molecular flexibility index (Phi) is 4.97. The summed E-state index contributed by atoms with van der Waals surface area (Å²) in [5, 5.41) is 10.4. The Morgan fingerprint density at radius 3 is 1.86 bits per heavy atom. The van der Waals surface area contributed by atoms with Crippen LogP contribution in [0.5, 0.6) is 0 Å². The van der Waals surface area contributed by atoms with E-state index in [0.717, 1.165) is 5.56 Å². The molecule has 0 aliphatic heterocycles. The average molecular weight is 300 g/mol. The summed E-state index contributed by atoms with van der Waals surface area (Å²) in [7, 11) is 0. The highest BCUT2D eigenvalue weighted by Crippen LogP contribution is 2.43. The van der Waals surface area contributed by atoms with Gasteiger partial charge in [0, 0.05) is 0 Å². The molecule has 0 saturated heterocycles. The van der Waals surface area contributed by atoms with Crippen LogP contribution in [-0.2, 0) is 0 Å². The Hall–Kier alpha value is -1.03. The molecule has 0 bridgehead atoms. The van der Waals surface area contributed by atoms with Crippen molar-refractivity contribution in [1.29, 1.82) is 0 Å². The molecule has 1 N–H and O–H groups in total. The number of halogens is 3. The molecule has 0 amide bonds. The van der Waals surface area contributed by atoms with Crippen molar-refractivity contribution in [3.05, 3.63) is 35.4 Å². The first-order valence-electron chi connectivity index (χ1n) is 7.63. The summed E-state index contributed by atoms with van der Waals surface area (Å²) >= 11 is 0. The van der Waals surface area contributed by atoms with Crippen molar-refractivity contribution in [1.82, 2.24) is 0 Å². The number of hydrogen-bond acceptors (Lipinski definition) is 1. The largest absolute Gasteiger partial charge is 0.391 e. The van der Waals surface area contributed by atoms with E-state index in [1.807, 2.05) is 24.3 Å². The van der Waals surface area contributed by atoms with E-state index < -0.39 is 18.2 Å². The second-order valence-electron chi connectivity index (χ2n) is 6.42. The summed E-state index contributed by atoms with van der Waals surface area (Å²) in [5.74, 6) is -0.823. The zero-order valence-corrected chi connectivity index (χ0v) is 12.5. The third-order valence-corrected chi connectivity index (χ3v) is 4.63. The van der Waals surface area contributed by atoms with Crippen LogP contribution in [0.15, 0.2) is 24.3 Å². The monoisotopic (exact) mass is 300 g/mol. The van der Waals surface area contributed by atoms with Crippen LogP contribution in [-0.4, -0.2) is 11.3 Å². The van der Waals surface area contributed by atoms with Crippen molar-refractivity contribution in [3.8, 4) is 0 Å². The summed E-state index contributed by atoms with van der Waals surface area (Å²) in [5.41, 5.74) is 2.02. The Labute approximate surface area is 124 Å². The highest BCUT2D eigenvalue weighted by atomic mass is 19.4. The van der Waals surface area contributed by atoms with E-state index in [0.29, 0.717) is 18.8 Å². The SMILES string of the molecule is CC(C)c1ccc(C(O)C2CCC(C(F)(F)F)CC2)cc1. The molecule has 1 aliphatic rings. The predicted molar refractivity (Wildman–Crippen MR) is 77.0 cm³/mol. The van der Waals surface area contributed by atoms with Crippen LogP contribution in [0.25, 0.3) is 0 Å². The van der Waals surface area contributed by atoms with Crippen LogP contribution in [0.3, 0.4) is 0 Å². The summed E-state index contributed by atoms with van der Waals surface area (Å²) in [6.07, 6.45) is -3.59. The smallest absolute Gasteiger partial charge is 0.388 e. The summed E-state index contributed by atoms with van der Waals surface area (Å²) < 4.78 is 37.9. The Morgan fingerprint density at radius 1 is 0.952 bits per heavy atom. The van der Waals surface area contributed by atoms with Gasteiger partial charge in [0.2, 0.25) is 0 Å². The van der Waals surface area contributed by atoms with Crippen LogP contribution in [0.2, 0.25) is 0 Å². The highest BCUT2D eigenvalue weighted by molar-refractivity contribution is 5.26. The lowest BCUT2D eigenvalue weighted by Crippen LogP contribution is -2.29. The maximum atomic E-state index is 12.6. The average Bonchev–Trinajstić information content (AvgIpc) is 2.46. The number of aliphatic hydroxyl groups is 1. The lowest BCUT2D eigenvalue weighted by Gasteiger charge is -2.32. The maximum absolute atomic E-state index is 12.6. The summed E-state index contributed by atoms with van der Waals surface area (Å²) in [6, 6.07) is 7.78. The fourth-order valence-electron chi connectivity index (χ4n) is 3.11. The molecule has 1 aromatic rings. The predicted octanol–water partition coefficient (Wildman–Crippen LogP) is 5.21. The molecular formula is C17H23F3O. The quantitative estimate of drug-likeness (QED) is 0.812. The number of hydrogen-bond donors (Lipinski definition) is 1. The standard InChI is InChI=1S/C17H23F3O/c1-11(2)12-3-5-13(6-4-12)16(21)14-7-9-15(10-8-14)17(18,19)20/h3-6,11,14-16,21H,7-10H2,1-2H3. The lowest BCUT2D eigenvalue weighted by atomic mass is 9.77. The minimum atomic E-state index is -4.09. The minimum absolute atomic E-state index is 0.0616. The molecule has 1 unspecified atom stereocenters. The summed E-state index contributed by atoms with van der Waals surface area (Å²) in [6.45, 7) is 4.20. The van der Waals surface area contributed by atoms with Gasteiger partial charge < -0.3 is 5.11 Å². The van der Waals surface area contributed by atoms with Gasteiger partial charge in [0.25, 0.3) is 0 Å². The van der Waals surface area contributed by atoms with E-state index in [1.54, 1.807) is 0 Å². The molecule has 1 atom stereocenters. The first kappa shape index (κ1) is 16.3. The Balaban J connectivity index is 1.97. The summed E-state index contributed by atoms with van der Waals surface area (Å²) in [4.78, 5) is 0. The third kappa shape index (κ3) is 4.00. The third-order valence-electron chi connectivity index (χ3n) is 4.63. The van der Waals surface area contributed by atoms with Gasteiger partial charge in [0.05, 0.1) is 12.0 Å². The van der Waals surface area contributed by atoms with E-state index >= 15 is 0 Å². The molecule has 118 valence electrons. The molecule has 4 heteroatoms. The fraction of sp³-hybridized carbons (Fsp3) is 0.647. The van der Waals surface area contributed by atoms with Crippen LogP contribution in [0.1, 0.15) is 62.7 Å². The van der Waals surface area contributed by atoms with E-state index in [4.69, 9.17) is 0 Å². The van der Waals surface area contributed by atoms with E-state index in [2.05, 4.69) is 13.8 Å². The van der Waals surface area contributed by atoms with Crippen LogP contribution >= 0.6 is 0 Å². The molecule has 1 aromatic carbocycles. The molecular weight excluding hydrogens is 277 g/mol. The number of benzene rings is 1. The second kappa shape index (κ2) is 6.39. The van der Waals surface area contributed by atoms with Gasteiger partial charge in [-0.2, -0.15) is 13.2 Å². The van der Waals surface area contributed by atoms with Gasteiger partial charge in [-0.25, -0.2) is 0 Å². The van der Waals surface area contributed by atoms with Crippen LogP contribution < -0.4 is 0 Å². The topological polar surface area (TPSA) is 20.2 Å². The molecule has 2 rings (SSSR count). The molecule has 1 aliphatic carbocycles. The molecule has 0 heterocycles. The molecule has 1 saturated carbocycles. The maximum Gasteiger partial charge on any atom is 0.391 e. The van der Waals surface area contributed by atoms with Crippen molar-refractivity contribution >= 4 is 0 Å². The van der Waals surface area contributed by atoms with Crippen LogP contribution in [0.4, 0.5) is 13.2 Å². The van der Waals surface area contributed by atoms with E-state index in [-0.39, 0.29) is 18.8 Å². The Morgan fingerprint density at radius 2 is 1.43 bits per heavy atom. The van der Waals surface area contributed by atoms with Crippen molar-refractivity contribution in [2.24, 2.45) is 11.8 Å². The van der Waals surface area contributed by atoms with Gasteiger partial charge in [0.1, 0.15) is 0 Å². The molecule has 1 fully saturated rings. The van der Waals surface area contributed by atoms with Crippen molar-refractivity contribution in [2.45, 2.75) is 57.7 Å². The van der Waals surface area contributed by atoms with E-state index in [9.17, 15) is 18.3 Å². The number of alkyl halides is 3. The zero-order chi connectivity index (χ0) is 15.6. The van der Waals surface area contributed by atoms with Crippen molar-refractivity contribution in [2.75, 3.05) is 0 Å². The molecule has 0 aromatic heterocycles. The van der Waals surface area contributed by atoms with Gasteiger partial charge in [-0.3, -0.25) is 0 Å². The van der Waals surface area contributed by atoms with Gasteiger partial charge >= 0.3 is 6.18 Å². The molecule has 0 radical (unpaired) electrons. The minimum Gasteiger partial charge on any atom is -0.388 e. The number of aliphatic hydroxyl groups excluding tert-OH is 1. The lowest BCUT2D eigenvalue weighted by molar-refractivity contribution is -0.185. The van der Waals surface area contributed by atoms with E-state index in [1.165, 1.54) is 5.56 Å². The Bertz CT molecular complexity index is 442. The van der Waals surface area contributed by atoms with Crippen LogP contribution in [0, 0.1) is 11.8 Å². The van der Waals surface area contributed by atoms with Crippen molar-refractivity contribution in [3.63, 3.8) is 0 Å². The zero-order valence-electron chi connectivity index (χ0n) is 12.5. The number of rotatable bonds is 3.